The third kappa shape index (κ3) is 3.35. The number of carbonyl (C=O) groups is 1. The number of pyridine rings is 1. The van der Waals surface area contributed by atoms with Crippen molar-refractivity contribution in [1.29, 1.82) is 0 Å². The summed E-state index contributed by atoms with van der Waals surface area (Å²) < 4.78 is 12.9. The summed E-state index contributed by atoms with van der Waals surface area (Å²) in [6, 6.07) is 17.2. The largest absolute Gasteiger partial charge is 0.492 e. The van der Waals surface area contributed by atoms with E-state index in [1.807, 2.05) is 42.5 Å². The molecule has 26 heavy (non-hydrogen) atoms. The van der Waals surface area contributed by atoms with Gasteiger partial charge in [-0.3, -0.25) is 9.78 Å². The predicted octanol–water partition coefficient (Wildman–Crippen LogP) is 4.98. The van der Waals surface area contributed by atoms with Crippen molar-refractivity contribution < 1.29 is 14.3 Å². The highest BCUT2D eigenvalue weighted by Gasteiger charge is 2.22. The molecule has 4 rings (SSSR count). The van der Waals surface area contributed by atoms with Crippen molar-refractivity contribution >= 4 is 21.7 Å². The van der Waals surface area contributed by atoms with E-state index in [-0.39, 0.29) is 11.9 Å². The summed E-state index contributed by atoms with van der Waals surface area (Å²) in [7, 11) is 0. The monoisotopic (exact) mass is 409 g/mol. The highest BCUT2D eigenvalue weighted by molar-refractivity contribution is 9.10. The van der Waals surface area contributed by atoms with Crippen LogP contribution in [0.15, 0.2) is 71.5 Å². The maximum atomic E-state index is 12.0. The van der Waals surface area contributed by atoms with Crippen LogP contribution in [0.3, 0.4) is 0 Å². The molecule has 0 bridgehead atoms. The first kappa shape index (κ1) is 16.8. The number of hydrogen-bond acceptors (Lipinski definition) is 4. The van der Waals surface area contributed by atoms with Crippen LogP contribution < -0.4 is 9.47 Å². The minimum absolute atomic E-state index is 0.106. The maximum Gasteiger partial charge on any atom is 0.169 e. The Hall–Kier alpha value is -2.66. The van der Waals surface area contributed by atoms with E-state index in [0.29, 0.717) is 30.1 Å². The van der Waals surface area contributed by atoms with E-state index >= 15 is 0 Å². The van der Waals surface area contributed by atoms with Crippen molar-refractivity contribution in [3.8, 4) is 11.5 Å². The number of nitrogens with zero attached hydrogens (tertiary/aromatic N) is 1. The standard InChI is InChI=1S/C21H16BrNO3/c22-18-4-2-1-3-16(18)21(14-7-10-23-11-8-14)26-15-5-6-17-19(24)9-12-25-20(17)13-15/h1-8,10-11,13,21H,9,12H2. The molecule has 1 aromatic heterocycles. The molecule has 0 saturated heterocycles. The molecule has 0 amide bonds. The quantitative estimate of drug-likeness (QED) is 0.609. The molecule has 1 atom stereocenters. The van der Waals surface area contributed by atoms with Crippen molar-refractivity contribution in [2.45, 2.75) is 12.5 Å². The van der Waals surface area contributed by atoms with Gasteiger partial charge in [-0.2, -0.15) is 0 Å². The molecule has 0 spiro atoms. The summed E-state index contributed by atoms with van der Waals surface area (Å²) in [5.41, 5.74) is 2.61. The van der Waals surface area contributed by atoms with Gasteiger partial charge in [-0.15, -0.1) is 0 Å². The van der Waals surface area contributed by atoms with E-state index in [4.69, 9.17) is 9.47 Å². The topological polar surface area (TPSA) is 48.4 Å². The number of hydrogen-bond donors (Lipinski definition) is 0. The van der Waals surface area contributed by atoms with Crippen LogP contribution in [0, 0.1) is 0 Å². The highest BCUT2D eigenvalue weighted by atomic mass is 79.9. The molecule has 1 aliphatic heterocycles. The Balaban J connectivity index is 1.72. The molecular weight excluding hydrogens is 394 g/mol. The second kappa shape index (κ2) is 7.30. The number of benzene rings is 2. The molecule has 0 fully saturated rings. The molecule has 0 saturated carbocycles. The van der Waals surface area contributed by atoms with Gasteiger partial charge in [0.15, 0.2) is 11.9 Å². The first-order chi connectivity index (χ1) is 12.7. The number of ketones is 1. The Morgan fingerprint density at radius 2 is 1.88 bits per heavy atom. The van der Waals surface area contributed by atoms with Gasteiger partial charge >= 0.3 is 0 Å². The van der Waals surface area contributed by atoms with E-state index in [0.717, 1.165) is 15.6 Å². The normalized spacial score (nSPS) is 14.3. The number of carbonyl (C=O) groups excluding carboxylic acids is 1. The lowest BCUT2D eigenvalue weighted by Gasteiger charge is -2.23. The first-order valence-corrected chi connectivity index (χ1v) is 9.13. The lowest BCUT2D eigenvalue weighted by Crippen LogP contribution is -2.16. The number of rotatable bonds is 4. The van der Waals surface area contributed by atoms with Crippen LogP contribution in [0.25, 0.3) is 0 Å². The van der Waals surface area contributed by atoms with E-state index < -0.39 is 0 Å². The minimum atomic E-state index is -0.314. The van der Waals surface area contributed by atoms with Gasteiger partial charge in [0.1, 0.15) is 11.5 Å². The van der Waals surface area contributed by atoms with Crippen molar-refractivity contribution in [1.82, 2.24) is 4.98 Å². The minimum Gasteiger partial charge on any atom is -0.492 e. The fraction of sp³-hybridized carbons (Fsp3) is 0.143. The molecule has 5 heteroatoms. The Kier molecular flexibility index (Phi) is 4.71. The SMILES string of the molecule is O=C1CCOc2cc(OC(c3ccncc3)c3ccccc3Br)ccc21. The summed E-state index contributed by atoms with van der Waals surface area (Å²) in [6.07, 6.45) is 3.60. The van der Waals surface area contributed by atoms with Crippen LogP contribution in [0.5, 0.6) is 11.5 Å². The average molecular weight is 410 g/mol. The fourth-order valence-electron chi connectivity index (χ4n) is 2.99. The van der Waals surface area contributed by atoms with Gasteiger partial charge in [0.05, 0.1) is 12.2 Å². The van der Waals surface area contributed by atoms with Gasteiger partial charge in [-0.05, 0) is 35.9 Å². The molecule has 0 radical (unpaired) electrons. The van der Waals surface area contributed by atoms with Crippen molar-refractivity contribution in [3.05, 3.63) is 88.2 Å². The second-order valence-corrected chi connectivity index (χ2v) is 6.83. The smallest absolute Gasteiger partial charge is 0.169 e. The second-order valence-electron chi connectivity index (χ2n) is 5.98. The highest BCUT2D eigenvalue weighted by Crippen LogP contribution is 2.35. The zero-order valence-electron chi connectivity index (χ0n) is 13.9. The molecule has 2 aromatic carbocycles. The molecule has 0 aliphatic carbocycles. The summed E-state index contributed by atoms with van der Waals surface area (Å²) in [6.45, 7) is 0.410. The zero-order valence-corrected chi connectivity index (χ0v) is 15.5. The Bertz CT molecular complexity index is 943. The third-order valence-electron chi connectivity index (χ3n) is 4.29. The zero-order chi connectivity index (χ0) is 17.9. The summed E-state index contributed by atoms with van der Waals surface area (Å²) >= 11 is 3.61. The van der Waals surface area contributed by atoms with Crippen LogP contribution in [0.1, 0.15) is 34.0 Å². The fourth-order valence-corrected chi connectivity index (χ4v) is 3.48. The molecule has 3 aromatic rings. The van der Waals surface area contributed by atoms with Crippen LogP contribution in [-0.4, -0.2) is 17.4 Å². The number of ether oxygens (including phenoxy) is 2. The molecule has 2 heterocycles. The van der Waals surface area contributed by atoms with Gasteiger partial charge < -0.3 is 9.47 Å². The van der Waals surface area contributed by atoms with Crippen molar-refractivity contribution in [3.63, 3.8) is 0 Å². The van der Waals surface area contributed by atoms with E-state index in [1.165, 1.54) is 0 Å². The van der Waals surface area contributed by atoms with Crippen LogP contribution >= 0.6 is 15.9 Å². The van der Waals surface area contributed by atoms with Crippen molar-refractivity contribution in [2.75, 3.05) is 6.61 Å². The lowest BCUT2D eigenvalue weighted by atomic mass is 10.0. The van der Waals surface area contributed by atoms with E-state index in [1.54, 1.807) is 24.5 Å². The van der Waals surface area contributed by atoms with Gasteiger partial charge in [0, 0.05) is 34.9 Å². The molecule has 1 aliphatic rings. The van der Waals surface area contributed by atoms with Gasteiger partial charge in [-0.1, -0.05) is 34.1 Å². The Morgan fingerprint density at radius 3 is 2.69 bits per heavy atom. The van der Waals surface area contributed by atoms with E-state index in [9.17, 15) is 4.79 Å². The maximum absolute atomic E-state index is 12.0. The molecular formula is C21H16BrNO3. The average Bonchev–Trinajstić information content (AvgIpc) is 2.68. The third-order valence-corrected chi connectivity index (χ3v) is 5.01. The van der Waals surface area contributed by atoms with Crippen LogP contribution in [0.2, 0.25) is 0 Å². The summed E-state index contributed by atoms with van der Waals surface area (Å²) in [5.74, 6) is 1.34. The molecule has 0 N–H and O–H groups in total. The van der Waals surface area contributed by atoms with Gasteiger partial charge in [-0.25, -0.2) is 0 Å². The van der Waals surface area contributed by atoms with Crippen LogP contribution in [-0.2, 0) is 0 Å². The molecule has 1 unspecified atom stereocenters. The lowest BCUT2D eigenvalue weighted by molar-refractivity contribution is 0.0933. The number of Topliss-reactive ketones (excluding diaryl/α,β-unsaturated/α-hetero) is 1. The first-order valence-electron chi connectivity index (χ1n) is 8.33. The molecule has 4 nitrogen and oxygen atoms in total. The van der Waals surface area contributed by atoms with Gasteiger partial charge in [0.25, 0.3) is 0 Å². The predicted molar refractivity (Wildman–Crippen MR) is 102 cm³/mol. The number of halogens is 1. The molecule has 130 valence electrons. The summed E-state index contributed by atoms with van der Waals surface area (Å²) in [5, 5.41) is 0. The van der Waals surface area contributed by atoms with E-state index in [2.05, 4.69) is 20.9 Å². The number of aromatic nitrogens is 1. The van der Waals surface area contributed by atoms with Crippen molar-refractivity contribution in [2.24, 2.45) is 0 Å². The summed E-state index contributed by atoms with van der Waals surface area (Å²) in [4.78, 5) is 16.1. The Morgan fingerprint density at radius 1 is 1.08 bits per heavy atom. The number of fused-ring (bicyclic) bond motifs is 1. The van der Waals surface area contributed by atoms with Crippen LogP contribution in [0.4, 0.5) is 0 Å². The Labute approximate surface area is 159 Å². The van der Waals surface area contributed by atoms with Gasteiger partial charge in [0.2, 0.25) is 0 Å².